The average molecular weight is 381 g/mol. The van der Waals surface area contributed by atoms with Crippen LogP contribution in [0.15, 0.2) is 36.4 Å². The van der Waals surface area contributed by atoms with Gasteiger partial charge in [-0.1, -0.05) is 0 Å². The molecular formula is C19H18F3NO4. The minimum absolute atomic E-state index is 0.267. The van der Waals surface area contributed by atoms with Crippen molar-refractivity contribution in [3.63, 3.8) is 0 Å². The lowest BCUT2D eigenvalue weighted by Crippen LogP contribution is -2.36. The Balaban J connectivity index is 1.78. The molecule has 0 saturated carbocycles. The van der Waals surface area contributed by atoms with E-state index < -0.39 is 6.36 Å². The number of halogens is 3. The molecule has 0 fully saturated rings. The van der Waals surface area contributed by atoms with Crippen molar-refractivity contribution >= 4 is 5.91 Å². The van der Waals surface area contributed by atoms with E-state index in [2.05, 4.69) is 4.74 Å². The van der Waals surface area contributed by atoms with Crippen LogP contribution in [0.1, 0.15) is 21.5 Å². The van der Waals surface area contributed by atoms with Crippen LogP contribution in [0.25, 0.3) is 0 Å². The Bertz CT molecular complexity index is 817. The van der Waals surface area contributed by atoms with Crippen LogP contribution in [0.2, 0.25) is 0 Å². The second kappa shape index (κ2) is 7.38. The average Bonchev–Trinajstić information content (AvgIpc) is 2.65. The summed E-state index contributed by atoms with van der Waals surface area (Å²) in [6.45, 7) is 0.838. The number of carbonyl (C=O) groups excluding carboxylic acids is 1. The maximum Gasteiger partial charge on any atom is 0.573 e. The quantitative estimate of drug-likeness (QED) is 0.808. The van der Waals surface area contributed by atoms with Crippen LogP contribution in [0.3, 0.4) is 0 Å². The summed E-state index contributed by atoms with van der Waals surface area (Å²) in [5, 5.41) is 0. The molecule has 144 valence electrons. The van der Waals surface area contributed by atoms with E-state index in [1.54, 1.807) is 25.2 Å². The Labute approximate surface area is 154 Å². The Morgan fingerprint density at radius 3 is 2.33 bits per heavy atom. The van der Waals surface area contributed by atoms with Crippen molar-refractivity contribution in [2.75, 3.05) is 20.8 Å². The van der Waals surface area contributed by atoms with Gasteiger partial charge in [-0.05, 0) is 42.3 Å². The highest BCUT2D eigenvalue weighted by Crippen LogP contribution is 2.33. The Morgan fingerprint density at radius 1 is 1.04 bits per heavy atom. The fourth-order valence-corrected chi connectivity index (χ4v) is 3.06. The summed E-state index contributed by atoms with van der Waals surface area (Å²) in [7, 11) is 3.13. The molecule has 0 N–H and O–H groups in total. The van der Waals surface area contributed by atoms with Gasteiger partial charge in [-0.25, -0.2) is 0 Å². The maximum atomic E-state index is 12.7. The number of ether oxygens (including phenoxy) is 3. The minimum atomic E-state index is -4.76. The molecule has 1 aliphatic heterocycles. The van der Waals surface area contributed by atoms with Gasteiger partial charge in [0.15, 0.2) is 0 Å². The number of hydrogen-bond acceptors (Lipinski definition) is 4. The van der Waals surface area contributed by atoms with Gasteiger partial charge in [-0.2, -0.15) is 0 Å². The third-order valence-corrected chi connectivity index (χ3v) is 4.35. The Morgan fingerprint density at radius 2 is 1.74 bits per heavy atom. The van der Waals surface area contributed by atoms with E-state index in [1.807, 2.05) is 6.07 Å². The van der Waals surface area contributed by atoms with Crippen molar-refractivity contribution in [3.05, 3.63) is 53.1 Å². The first-order chi connectivity index (χ1) is 12.8. The van der Waals surface area contributed by atoms with Crippen molar-refractivity contribution in [1.29, 1.82) is 0 Å². The molecule has 3 rings (SSSR count). The van der Waals surface area contributed by atoms with Gasteiger partial charge in [0.1, 0.15) is 17.2 Å². The highest BCUT2D eigenvalue weighted by Gasteiger charge is 2.31. The number of benzene rings is 2. The van der Waals surface area contributed by atoms with Crippen molar-refractivity contribution in [2.24, 2.45) is 0 Å². The van der Waals surface area contributed by atoms with Gasteiger partial charge in [-0.3, -0.25) is 4.79 Å². The predicted octanol–water partition coefficient (Wildman–Crippen LogP) is 3.80. The lowest BCUT2D eigenvalue weighted by atomic mass is 9.97. The molecule has 1 aliphatic rings. The van der Waals surface area contributed by atoms with E-state index in [9.17, 15) is 18.0 Å². The number of carbonyl (C=O) groups is 1. The van der Waals surface area contributed by atoms with Crippen LogP contribution in [-0.4, -0.2) is 37.9 Å². The van der Waals surface area contributed by atoms with Gasteiger partial charge >= 0.3 is 6.36 Å². The molecular weight excluding hydrogens is 363 g/mol. The molecule has 1 heterocycles. The molecule has 5 nitrogen and oxygen atoms in total. The number of rotatable bonds is 4. The molecule has 2 aromatic rings. The van der Waals surface area contributed by atoms with Crippen LogP contribution < -0.4 is 14.2 Å². The molecule has 0 unspecified atom stereocenters. The summed E-state index contributed by atoms with van der Waals surface area (Å²) >= 11 is 0. The van der Waals surface area contributed by atoms with Crippen LogP contribution in [-0.2, 0) is 13.0 Å². The number of fused-ring (bicyclic) bond motifs is 1. The molecule has 2 aromatic carbocycles. The molecule has 0 radical (unpaired) electrons. The van der Waals surface area contributed by atoms with Gasteiger partial charge < -0.3 is 19.1 Å². The van der Waals surface area contributed by atoms with Gasteiger partial charge in [-0.15, -0.1) is 13.2 Å². The smallest absolute Gasteiger partial charge is 0.497 e. The van der Waals surface area contributed by atoms with Crippen molar-refractivity contribution < 1.29 is 32.2 Å². The second-order valence-corrected chi connectivity index (χ2v) is 6.02. The summed E-state index contributed by atoms with van der Waals surface area (Å²) in [4.78, 5) is 14.4. The highest BCUT2D eigenvalue weighted by molar-refractivity contribution is 5.94. The molecule has 27 heavy (non-hydrogen) atoms. The first kappa shape index (κ1) is 18.9. The summed E-state index contributed by atoms with van der Waals surface area (Å²) in [5.41, 5.74) is 2.24. The third kappa shape index (κ3) is 4.27. The fraction of sp³-hybridized carbons (Fsp3) is 0.316. The maximum absolute atomic E-state index is 12.7. The summed E-state index contributed by atoms with van der Waals surface area (Å²) < 4.78 is 51.2. The normalized spacial score (nSPS) is 13.7. The molecule has 0 atom stereocenters. The van der Waals surface area contributed by atoms with E-state index in [1.165, 1.54) is 12.1 Å². The van der Waals surface area contributed by atoms with Gasteiger partial charge in [0.2, 0.25) is 0 Å². The zero-order valence-corrected chi connectivity index (χ0v) is 14.8. The zero-order chi connectivity index (χ0) is 19.6. The number of hydrogen-bond donors (Lipinski definition) is 0. The minimum Gasteiger partial charge on any atom is -0.497 e. The number of alkyl halides is 3. The van der Waals surface area contributed by atoms with E-state index >= 15 is 0 Å². The standard InChI is InChI=1S/C19H18F3NO4/c1-25-15-9-13-7-8-23(11-16(13)17(10-15)26-2)18(24)12-3-5-14(6-4-12)27-19(20,21)22/h3-6,9-10H,7-8,11H2,1-2H3. The van der Waals surface area contributed by atoms with Gasteiger partial charge in [0.25, 0.3) is 5.91 Å². The van der Waals surface area contributed by atoms with E-state index in [0.717, 1.165) is 23.3 Å². The summed E-state index contributed by atoms with van der Waals surface area (Å²) in [6, 6.07) is 8.58. The van der Waals surface area contributed by atoms with Crippen molar-refractivity contribution in [3.8, 4) is 17.2 Å². The SMILES string of the molecule is COc1cc2c(c(OC)c1)CN(C(=O)c1ccc(OC(F)(F)F)cc1)CC2. The summed E-state index contributed by atoms with van der Waals surface area (Å²) in [5.74, 6) is 0.690. The van der Waals surface area contributed by atoms with E-state index in [0.29, 0.717) is 36.6 Å². The molecule has 0 saturated heterocycles. The van der Waals surface area contributed by atoms with Gasteiger partial charge in [0, 0.05) is 30.3 Å². The first-order valence-corrected chi connectivity index (χ1v) is 8.19. The predicted molar refractivity (Wildman–Crippen MR) is 91.1 cm³/mol. The molecule has 0 aromatic heterocycles. The van der Waals surface area contributed by atoms with Gasteiger partial charge in [0.05, 0.1) is 14.2 Å². The molecule has 1 amide bonds. The highest BCUT2D eigenvalue weighted by atomic mass is 19.4. The van der Waals surface area contributed by atoms with Crippen molar-refractivity contribution in [2.45, 2.75) is 19.3 Å². The van der Waals surface area contributed by atoms with Crippen LogP contribution >= 0.6 is 0 Å². The second-order valence-electron chi connectivity index (χ2n) is 6.02. The number of nitrogens with zero attached hydrogens (tertiary/aromatic N) is 1. The first-order valence-electron chi connectivity index (χ1n) is 8.19. The fourth-order valence-electron chi connectivity index (χ4n) is 3.06. The van der Waals surface area contributed by atoms with Crippen LogP contribution in [0.5, 0.6) is 17.2 Å². The van der Waals surface area contributed by atoms with E-state index in [4.69, 9.17) is 9.47 Å². The third-order valence-electron chi connectivity index (χ3n) is 4.35. The molecule has 0 bridgehead atoms. The summed E-state index contributed by atoms with van der Waals surface area (Å²) in [6.07, 6.45) is -4.14. The monoisotopic (exact) mass is 381 g/mol. The lowest BCUT2D eigenvalue weighted by Gasteiger charge is -2.30. The Kier molecular flexibility index (Phi) is 5.16. The molecule has 8 heteroatoms. The molecule has 0 spiro atoms. The number of methoxy groups -OCH3 is 2. The number of amides is 1. The largest absolute Gasteiger partial charge is 0.573 e. The lowest BCUT2D eigenvalue weighted by molar-refractivity contribution is -0.274. The van der Waals surface area contributed by atoms with E-state index in [-0.39, 0.29) is 11.7 Å². The molecule has 0 aliphatic carbocycles. The van der Waals surface area contributed by atoms with Crippen LogP contribution in [0, 0.1) is 0 Å². The Hall–Kier alpha value is -2.90. The zero-order valence-electron chi connectivity index (χ0n) is 14.8. The topological polar surface area (TPSA) is 48.0 Å². The van der Waals surface area contributed by atoms with Crippen LogP contribution in [0.4, 0.5) is 13.2 Å². The van der Waals surface area contributed by atoms with Crippen molar-refractivity contribution in [1.82, 2.24) is 4.90 Å².